The predicted octanol–water partition coefficient (Wildman–Crippen LogP) is 0.359. The molecule has 2 rings (SSSR count). The number of hydrogen-bond acceptors (Lipinski definition) is 6. The first-order chi connectivity index (χ1) is 8.70. The Bertz CT molecular complexity index is 431. The molecule has 0 atom stereocenters. The van der Waals surface area contributed by atoms with Gasteiger partial charge in [-0.05, 0) is 26.2 Å². The minimum Gasteiger partial charge on any atom is -0.464 e. The lowest BCUT2D eigenvalue weighted by atomic mass is 10.1. The van der Waals surface area contributed by atoms with E-state index in [9.17, 15) is 4.79 Å². The average molecular weight is 251 g/mol. The van der Waals surface area contributed by atoms with Gasteiger partial charge in [-0.15, -0.1) is 0 Å². The summed E-state index contributed by atoms with van der Waals surface area (Å²) >= 11 is 0. The van der Waals surface area contributed by atoms with Gasteiger partial charge in [0.15, 0.2) is 0 Å². The van der Waals surface area contributed by atoms with Crippen molar-refractivity contribution in [2.45, 2.75) is 26.2 Å². The Hall–Kier alpha value is -1.92. The largest absolute Gasteiger partial charge is 0.464 e. The molecule has 0 spiro atoms. The minimum atomic E-state index is -0.670. The van der Waals surface area contributed by atoms with Crippen molar-refractivity contribution in [3.63, 3.8) is 0 Å². The third kappa shape index (κ3) is 2.85. The molecule has 1 aromatic rings. The van der Waals surface area contributed by atoms with Crippen molar-refractivity contribution in [3.8, 4) is 6.01 Å². The van der Waals surface area contributed by atoms with Crippen LogP contribution in [-0.2, 0) is 0 Å². The first kappa shape index (κ1) is 12.5. The molecule has 0 aliphatic carbocycles. The zero-order valence-electron chi connectivity index (χ0n) is 10.4. The number of piperidine rings is 1. The number of primary amides is 1. The van der Waals surface area contributed by atoms with Crippen molar-refractivity contribution in [3.05, 3.63) is 5.82 Å². The Labute approximate surface area is 105 Å². The molecule has 2 heterocycles. The summed E-state index contributed by atoms with van der Waals surface area (Å²) in [5, 5.41) is 0. The minimum absolute atomic E-state index is 0.0472. The third-order valence-corrected chi connectivity index (χ3v) is 2.74. The van der Waals surface area contributed by atoms with Crippen LogP contribution in [0.15, 0.2) is 0 Å². The van der Waals surface area contributed by atoms with Gasteiger partial charge in [0, 0.05) is 13.1 Å². The number of carbonyl (C=O) groups excluding carboxylic acids is 1. The maximum absolute atomic E-state index is 11.2. The molecule has 1 aliphatic heterocycles. The molecule has 0 radical (unpaired) electrons. The zero-order chi connectivity index (χ0) is 13.0. The second kappa shape index (κ2) is 5.61. The number of nitrogens with two attached hydrogens (primary N) is 1. The van der Waals surface area contributed by atoms with Crippen LogP contribution in [0.1, 0.15) is 36.8 Å². The number of amides is 1. The first-order valence-corrected chi connectivity index (χ1v) is 6.14. The van der Waals surface area contributed by atoms with Crippen LogP contribution < -0.4 is 15.4 Å². The monoisotopic (exact) mass is 251 g/mol. The summed E-state index contributed by atoms with van der Waals surface area (Å²) in [6, 6.07) is 0.155. The molecule has 0 saturated carbocycles. The number of rotatable bonds is 4. The summed E-state index contributed by atoms with van der Waals surface area (Å²) in [5.74, 6) is -0.243. The van der Waals surface area contributed by atoms with Crippen LogP contribution >= 0.6 is 0 Å². The molecule has 1 aliphatic rings. The lowest BCUT2D eigenvalue weighted by Gasteiger charge is -2.26. The van der Waals surface area contributed by atoms with Crippen molar-refractivity contribution >= 4 is 11.9 Å². The molecule has 2 N–H and O–H groups in total. The molecule has 1 aromatic heterocycles. The number of anilines is 1. The molecule has 7 nitrogen and oxygen atoms in total. The predicted molar refractivity (Wildman–Crippen MR) is 65.6 cm³/mol. The lowest BCUT2D eigenvalue weighted by molar-refractivity contribution is 0.0988. The van der Waals surface area contributed by atoms with Crippen LogP contribution in [-0.4, -0.2) is 40.6 Å². The summed E-state index contributed by atoms with van der Waals surface area (Å²) in [5.41, 5.74) is 5.21. The highest BCUT2D eigenvalue weighted by Crippen LogP contribution is 2.17. The number of carbonyl (C=O) groups is 1. The Morgan fingerprint density at radius 2 is 2.00 bits per heavy atom. The lowest BCUT2D eigenvalue weighted by Crippen LogP contribution is -2.32. The molecule has 98 valence electrons. The third-order valence-electron chi connectivity index (χ3n) is 2.74. The van der Waals surface area contributed by atoms with E-state index < -0.39 is 5.91 Å². The van der Waals surface area contributed by atoms with E-state index in [1.807, 2.05) is 11.8 Å². The van der Waals surface area contributed by atoms with E-state index in [1.165, 1.54) is 6.42 Å². The SMILES string of the molecule is CCOc1nc(C(N)=O)nc(N2CCCCC2)n1. The summed E-state index contributed by atoms with van der Waals surface area (Å²) in [6.07, 6.45) is 3.41. The highest BCUT2D eigenvalue weighted by atomic mass is 16.5. The van der Waals surface area contributed by atoms with Crippen molar-refractivity contribution < 1.29 is 9.53 Å². The Morgan fingerprint density at radius 3 is 2.61 bits per heavy atom. The van der Waals surface area contributed by atoms with Gasteiger partial charge in [-0.2, -0.15) is 15.0 Å². The van der Waals surface area contributed by atoms with Gasteiger partial charge in [-0.3, -0.25) is 4.79 Å². The van der Waals surface area contributed by atoms with Crippen molar-refractivity contribution in [2.75, 3.05) is 24.6 Å². The molecule has 0 aromatic carbocycles. The van der Waals surface area contributed by atoms with E-state index in [0.29, 0.717) is 12.6 Å². The van der Waals surface area contributed by atoms with Gasteiger partial charge < -0.3 is 15.4 Å². The van der Waals surface area contributed by atoms with Gasteiger partial charge in [0.2, 0.25) is 11.8 Å². The van der Waals surface area contributed by atoms with Gasteiger partial charge in [0.05, 0.1) is 6.61 Å². The smallest absolute Gasteiger partial charge is 0.321 e. The number of nitrogens with zero attached hydrogens (tertiary/aromatic N) is 4. The summed E-state index contributed by atoms with van der Waals surface area (Å²) < 4.78 is 5.23. The second-order valence-corrected chi connectivity index (χ2v) is 4.09. The maximum atomic E-state index is 11.2. The standard InChI is InChI=1S/C11H17N5O2/c1-2-18-11-14-9(8(12)17)13-10(15-11)16-6-4-3-5-7-16/h2-7H2,1H3,(H2,12,17). The van der Waals surface area contributed by atoms with Crippen LogP contribution in [0.3, 0.4) is 0 Å². The van der Waals surface area contributed by atoms with E-state index >= 15 is 0 Å². The van der Waals surface area contributed by atoms with Gasteiger partial charge >= 0.3 is 6.01 Å². The Morgan fingerprint density at radius 1 is 1.28 bits per heavy atom. The fraction of sp³-hybridized carbons (Fsp3) is 0.636. The Balaban J connectivity index is 2.29. The fourth-order valence-electron chi connectivity index (χ4n) is 1.89. The molecule has 0 unspecified atom stereocenters. The molecule has 1 fully saturated rings. The van der Waals surface area contributed by atoms with E-state index in [4.69, 9.17) is 10.5 Å². The summed E-state index contributed by atoms with van der Waals surface area (Å²) in [6.45, 7) is 4.03. The summed E-state index contributed by atoms with van der Waals surface area (Å²) in [7, 11) is 0. The van der Waals surface area contributed by atoms with Crippen LogP contribution in [0.5, 0.6) is 6.01 Å². The van der Waals surface area contributed by atoms with Crippen LogP contribution in [0.4, 0.5) is 5.95 Å². The summed E-state index contributed by atoms with van der Waals surface area (Å²) in [4.78, 5) is 25.4. The van der Waals surface area contributed by atoms with E-state index in [0.717, 1.165) is 25.9 Å². The van der Waals surface area contributed by atoms with Crippen molar-refractivity contribution in [2.24, 2.45) is 5.73 Å². The highest BCUT2D eigenvalue weighted by Gasteiger charge is 2.18. The van der Waals surface area contributed by atoms with E-state index in [-0.39, 0.29) is 11.8 Å². The highest BCUT2D eigenvalue weighted by molar-refractivity contribution is 5.89. The van der Waals surface area contributed by atoms with E-state index in [2.05, 4.69) is 15.0 Å². The normalized spacial score (nSPS) is 15.5. The van der Waals surface area contributed by atoms with Crippen molar-refractivity contribution in [1.82, 2.24) is 15.0 Å². The second-order valence-electron chi connectivity index (χ2n) is 4.09. The van der Waals surface area contributed by atoms with Crippen LogP contribution in [0.25, 0.3) is 0 Å². The topological polar surface area (TPSA) is 94.2 Å². The number of ether oxygens (including phenoxy) is 1. The molecule has 7 heteroatoms. The van der Waals surface area contributed by atoms with Gasteiger partial charge in [-0.1, -0.05) is 0 Å². The Kier molecular flexibility index (Phi) is 3.91. The fourth-order valence-corrected chi connectivity index (χ4v) is 1.89. The van der Waals surface area contributed by atoms with Crippen LogP contribution in [0, 0.1) is 0 Å². The van der Waals surface area contributed by atoms with E-state index in [1.54, 1.807) is 0 Å². The number of hydrogen-bond donors (Lipinski definition) is 1. The van der Waals surface area contributed by atoms with Crippen LogP contribution in [0.2, 0.25) is 0 Å². The van der Waals surface area contributed by atoms with Gasteiger partial charge in [-0.25, -0.2) is 0 Å². The first-order valence-electron chi connectivity index (χ1n) is 6.14. The molecule has 0 bridgehead atoms. The zero-order valence-corrected chi connectivity index (χ0v) is 10.4. The average Bonchev–Trinajstić information content (AvgIpc) is 2.40. The quantitative estimate of drug-likeness (QED) is 0.830. The van der Waals surface area contributed by atoms with Crippen molar-refractivity contribution in [1.29, 1.82) is 0 Å². The van der Waals surface area contributed by atoms with Gasteiger partial charge in [0.25, 0.3) is 5.91 Å². The molecule has 18 heavy (non-hydrogen) atoms. The molecular formula is C11H17N5O2. The maximum Gasteiger partial charge on any atom is 0.321 e. The molecule has 1 saturated heterocycles. The molecule has 1 amide bonds. The number of aromatic nitrogens is 3. The van der Waals surface area contributed by atoms with Gasteiger partial charge in [0.1, 0.15) is 0 Å². The molecular weight excluding hydrogens is 234 g/mol.